The normalized spacial score (nSPS) is 11.9. The zero-order chi connectivity index (χ0) is 15.7. The predicted octanol–water partition coefficient (Wildman–Crippen LogP) is 3.09. The third-order valence-corrected chi connectivity index (χ3v) is 4.13. The molecule has 116 valence electrons. The highest BCUT2D eigenvalue weighted by molar-refractivity contribution is 7.99. The van der Waals surface area contributed by atoms with Gasteiger partial charge in [0.05, 0.1) is 0 Å². The lowest BCUT2D eigenvalue weighted by Crippen LogP contribution is -2.28. The lowest BCUT2D eigenvalue weighted by Gasteiger charge is -2.11. The molecule has 0 aromatic heterocycles. The Hall–Kier alpha value is -1.49. The molecule has 0 spiro atoms. The van der Waals surface area contributed by atoms with Crippen molar-refractivity contribution in [2.45, 2.75) is 38.0 Å². The average Bonchev–Trinajstić information content (AvgIpc) is 2.45. The number of thioether (sulfide) groups is 1. The van der Waals surface area contributed by atoms with E-state index in [9.17, 15) is 9.59 Å². The van der Waals surface area contributed by atoms with Crippen LogP contribution < -0.4 is 5.32 Å². The summed E-state index contributed by atoms with van der Waals surface area (Å²) in [6.07, 6.45) is 1.22. The van der Waals surface area contributed by atoms with Crippen LogP contribution in [0.2, 0.25) is 0 Å². The number of carboxylic acids is 1. The van der Waals surface area contributed by atoms with Gasteiger partial charge >= 0.3 is 5.97 Å². The lowest BCUT2D eigenvalue weighted by molar-refractivity contribution is -0.137. The van der Waals surface area contributed by atoms with E-state index in [0.717, 1.165) is 5.75 Å². The molecule has 0 saturated heterocycles. The van der Waals surface area contributed by atoms with Crippen molar-refractivity contribution in [3.63, 3.8) is 0 Å². The molecule has 1 rings (SSSR count). The van der Waals surface area contributed by atoms with Crippen molar-refractivity contribution < 1.29 is 14.7 Å². The summed E-state index contributed by atoms with van der Waals surface area (Å²) in [6.45, 7) is 4.54. The number of hydrogen-bond acceptors (Lipinski definition) is 3. The maximum atomic E-state index is 11.7. The van der Waals surface area contributed by atoms with E-state index in [-0.39, 0.29) is 18.2 Å². The summed E-state index contributed by atoms with van der Waals surface area (Å²) in [5.41, 5.74) is 1.23. The topological polar surface area (TPSA) is 66.4 Å². The molecule has 1 amide bonds. The number of benzene rings is 1. The minimum absolute atomic E-state index is 0.0248. The monoisotopic (exact) mass is 309 g/mol. The number of carboxylic acid groups (broad SMARTS) is 1. The van der Waals surface area contributed by atoms with E-state index in [1.807, 2.05) is 13.8 Å². The second-order valence-corrected chi connectivity index (χ2v) is 6.42. The van der Waals surface area contributed by atoms with Crippen molar-refractivity contribution in [3.8, 4) is 0 Å². The fourth-order valence-electron chi connectivity index (χ4n) is 1.74. The first-order chi connectivity index (χ1) is 9.97. The smallest absolute Gasteiger partial charge is 0.303 e. The van der Waals surface area contributed by atoms with Crippen molar-refractivity contribution >= 4 is 23.6 Å². The van der Waals surface area contributed by atoms with Crippen molar-refractivity contribution in [1.29, 1.82) is 0 Å². The largest absolute Gasteiger partial charge is 0.481 e. The zero-order valence-electron chi connectivity index (χ0n) is 12.6. The predicted molar refractivity (Wildman–Crippen MR) is 85.6 cm³/mol. The summed E-state index contributed by atoms with van der Waals surface area (Å²) in [5.74, 6) is 0.174. The Morgan fingerprint density at radius 3 is 2.52 bits per heavy atom. The van der Waals surface area contributed by atoms with Gasteiger partial charge in [0.25, 0.3) is 0 Å². The summed E-state index contributed by atoms with van der Waals surface area (Å²) < 4.78 is 0. The van der Waals surface area contributed by atoms with Crippen LogP contribution in [-0.2, 0) is 9.59 Å². The molecule has 1 unspecified atom stereocenters. The van der Waals surface area contributed by atoms with Crippen LogP contribution in [0.25, 0.3) is 0 Å². The van der Waals surface area contributed by atoms with Crippen molar-refractivity contribution in [2.75, 3.05) is 12.3 Å². The fourth-order valence-corrected chi connectivity index (χ4v) is 2.60. The van der Waals surface area contributed by atoms with Crippen LogP contribution in [0.15, 0.2) is 29.2 Å². The summed E-state index contributed by atoms with van der Waals surface area (Å²) in [5, 5.41) is 11.4. The van der Waals surface area contributed by atoms with E-state index < -0.39 is 5.97 Å². The molecule has 5 heteroatoms. The minimum Gasteiger partial charge on any atom is -0.481 e. The van der Waals surface area contributed by atoms with Crippen LogP contribution in [0.4, 0.5) is 0 Å². The number of aryl methyl sites for hydroxylation is 1. The van der Waals surface area contributed by atoms with Crippen LogP contribution in [0.1, 0.15) is 31.7 Å². The van der Waals surface area contributed by atoms with Crippen molar-refractivity contribution in [3.05, 3.63) is 29.8 Å². The van der Waals surface area contributed by atoms with Crippen LogP contribution in [0.5, 0.6) is 0 Å². The Bertz CT molecular complexity index is 459. The molecule has 0 aliphatic carbocycles. The standard InChI is InChI=1S/C16H23NO3S/c1-12-3-6-14(7-4-12)21-10-9-15(18)17-11-13(2)5-8-16(19)20/h3-4,6-7,13H,5,8-11H2,1-2H3,(H,17,18)(H,19,20). The van der Waals surface area contributed by atoms with Crippen LogP contribution in [0, 0.1) is 12.8 Å². The van der Waals surface area contributed by atoms with E-state index in [0.29, 0.717) is 19.4 Å². The van der Waals surface area contributed by atoms with Crippen LogP contribution in [-0.4, -0.2) is 29.3 Å². The van der Waals surface area contributed by atoms with Gasteiger partial charge in [-0.1, -0.05) is 24.6 Å². The number of aliphatic carboxylic acids is 1. The third kappa shape index (κ3) is 8.40. The summed E-state index contributed by atoms with van der Waals surface area (Å²) in [6, 6.07) is 8.25. The van der Waals surface area contributed by atoms with Gasteiger partial charge in [0.1, 0.15) is 0 Å². The molecular formula is C16H23NO3S. The van der Waals surface area contributed by atoms with E-state index in [1.165, 1.54) is 10.5 Å². The Balaban J connectivity index is 2.13. The summed E-state index contributed by atoms with van der Waals surface area (Å²) in [4.78, 5) is 23.3. The molecule has 4 nitrogen and oxygen atoms in total. The molecule has 0 aliphatic rings. The van der Waals surface area contributed by atoms with Crippen LogP contribution >= 0.6 is 11.8 Å². The van der Waals surface area contributed by atoms with E-state index in [1.54, 1.807) is 11.8 Å². The van der Waals surface area contributed by atoms with E-state index >= 15 is 0 Å². The van der Waals surface area contributed by atoms with E-state index in [2.05, 4.69) is 29.6 Å². The van der Waals surface area contributed by atoms with Crippen LogP contribution in [0.3, 0.4) is 0 Å². The maximum absolute atomic E-state index is 11.7. The van der Waals surface area contributed by atoms with Gasteiger partial charge in [0.15, 0.2) is 0 Å². The molecular weight excluding hydrogens is 286 g/mol. The quantitative estimate of drug-likeness (QED) is 0.688. The highest BCUT2D eigenvalue weighted by Gasteiger charge is 2.08. The van der Waals surface area contributed by atoms with Gasteiger partial charge in [-0.25, -0.2) is 0 Å². The van der Waals surface area contributed by atoms with Crippen molar-refractivity contribution in [2.24, 2.45) is 5.92 Å². The number of carbonyl (C=O) groups excluding carboxylic acids is 1. The molecule has 21 heavy (non-hydrogen) atoms. The zero-order valence-corrected chi connectivity index (χ0v) is 13.4. The maximum Gasteiger partial charge on any atom is 0.303 e. The highest BCUT2D eigenvalue weighted by atomic mass is 32.2. The number of hydrogen-bond donors (Lipinski definition) is 2. The minimum atomic E-state index is -0.789. The summed E-state index contributed by atoms with van der Waals surface area (Å²) in [7, 11) is 0. The van der Waals surface area contributed by atoms with Gasteiger partial charge in [-0.05, 0) is 31.4 Å². The van der Waals surface area contributed by atoms with Gasteiger partial charge < -0.3 is 10.4 Å². The molecule has 0 heterocycles. The molecule has 1 aromatic rings. The molecule has 0 bridgehead atoms. The Morgan fingerprint density at radius 1 is 1.24 bits per heavy atom. The van der Waals surface area contributed by atoms with Gasteiger partial charge in [-0.3, -0.25) is 9.59 Å². The Morgan fingerprint density at radius 2 is 1.90 bits per heavy atom. The number of amides is 1. The summed E-state index contributed by atoms with van der Waals surface area (Å²) >= 11 is 1.67. The fraction of sp³-hybridized carbons (Fsp3) is 0.500. The number of rotatable bonds is 9. The molecule has 0 radical (unpaired) electrons. The SMILES string of the molecule is Cc1ccc(SCCC(=O)NCC(C)CCC(=O)O)cc1. The molecule has 0 fully saturated rings. The molecule has 1 atom stereocenters. The first-order valence-corrected chi connectivity index (χ1v) is 8.14. The van der Waals surface area contributed by atoms with Gasteiger partial charge in [0.2, 0.25) is 5.91 Å². The second-order valence-electron chi connectivity index (χ2n) is 5.25. The van der Waals surface area contributed by atoms with Gasteiger partial charge in [-0.15, -0.1) is 11.8 Å². The average molecular weight is 309 g/mol. The molecule has 0 aliphatic heterocycles. The van der Waals surface area contributed by atoms with Crippen molar-refractivity contribution in [1.82, 2.24) is 5.32 Å². The van der Waals surface area contributed by atoms with Gasteiger partial charge in [-0.2, -0.15) is 0 Å². The van der Waals surface area contributed by atoms with E-state index in [4.69, 9.17) is 5.11 Å². The highest BCUT2D eigenvalue weighted by Crippen LogP contribution is 2.18. The first kappa shape index (κ1) is 17.6. The molecule has 0 saturated carbocycles. The Labute approximate surface area is 130 Å². The number of nitrogens with one attached hydrogen (secondary N) is 1. The Kier molecular flexibility index (Phi) is 7.90. The number of carbonyl (C=O) groups is 2. The van der Waals surface area contributed by atoms with Gasteiger partial charge in [0, 0.05) is 30.0 Å². The molecule has 2 N–H and O–H groups in total. The molecule has 1 aromatic carbocycles. The second kappa shape index (κ2) is 9.45. The lowest BCUT2D eigenvalue weighted by atomic mass is 10.1. The third-order valence-electron chi connectivity index (χ3n) is 3.12. The first-order valence-electron chi connectivity index (χ1n) is 7.15.